The Labute approximate surface area is 160 Å². The van der Waals surface area contributed by atoms with Crippen LogP contribution in [0.25, 0.3) is 17.2 Å². The Morgan fingerprint density at radius 3 is 3.04 bits per heavy atom. The molecule has 0 aliphatic heterocycles. The smallest absolute Gasteiger partial charge is 0.287 e. The van der Waals surface area contributed by atoms with Crippen LogP contribution in [0.1, 0.15) is 29.5 Å². The zero-order valence-corrected chi connectivity index (χ0v) is 15.6. The summed E-state index contributed by atoms with van der Waals surface area (Å²) in [6, 6.07) is 3.48. The number of halogens is 1. The summed E-state index contributed by atoms with van der Waals surface area (Å²) < 4.78 is 5.14. The number of hydrogen-bond donors (Lipinski definition) is 3. The zero-order chi connectivity index (χ0) is 19.4. The number of pyridine rings is 2. The number of hydrogen-bond acceptors (Lipinski definition) is 6. The van der Waals surface area contributed by atoms with E-state index in [1.807, 2.05) is 25.1 Å². The minimum absolute atomic E-state index is 0.114. The second-order valence-electron chi connectivity index (χ2n) is 5.92. The third-order valence-electron chi connectivity index (χ3n) is 3.87. The predicted octanol–water partition coefficient (Wildman–Crippen LogP) is 2.82. The topological polar surface area (TPSA) is 119 Å². The van der Waals surface area contributed by atoms with Gasteiger partial charge in [-0.05, 0) is 25.5 Å². The monoisotopic (exact) mass is 386 g/mol. The van der Waals surface area contributed by atoms with E-state index in [0.29, 0.717) is 28.4 Å². The van der Waals surface area contributed by atoms with Gasteiger partial charge in [-0.1, -0.05) is 23.8 Å². The van der Waals surface area contributed by atoms with Gasteiger partial charge in [0.1, 0.15) is 0 Å². The number of aromatic amines is 1. The molecule has 1 atom stereocenters. The molecular formula is C18H19ClN6O2. The summed E-state index contributed by atoms with van der Waals surface area (Å²) in [6.45, 7) is 1.90. The first kappa shape index (κ1) is 18.7. The van der Waals surface area contributed by atoms with Gasteiger partial charge in [0.05, 0.1) is 17.6 Å². The van der Waals surface area contributed by atoms with E-state index in [-0.39, 0.29) is 23.6 Å². The number of nitrogens with two attached hydrogens (primary N) is 1. The molecule has 8 nitrogen and oxygen atoms in total. The van der Waals surface area contributed by atoms with Gasteiger partial charge in [-0.25, -0.2) is 15.0 Å². The van der Waals surface area contributed by atoms with Gasteiger partial charge in [0, 0.05) is 24.0 Å². The fraction of sp³-hybridized carbons (Fsp3) is 0.222. The minimum Gasteiger partial charge on any atom is -0.491 e. The van der Waals surface area contributed by atoms with Crippen molar-refractivity contribution in [2.75, 3.05) is 12.8 Å². The molecule has 0 fully saturated rings. The van der Waals surface area contributed by atoms with Crippen LogP contribution in [0.3, 0.4) is 0 Å². The SMILES string of the molecule is COc1c(N)ncc(/C=C/C[C@H](C)NC(=O)c2nc3ncccc3[nH]2)c1Cl. The molecule has 0 unspecified atom stereocenters. The Bertz CT molecular complexity index is 968. The third-order valence-corrected chi connectivity index (χ3v) is 4.26. The van der Waals surface area contributed by atoms with Crippen LogP contribution < -0.4 is 15.8 Å². The number of ether oxygens (including phenoxy) is 1. The first-order chi connectivity index (χ1) is 13.0. The number of carbonyl (C=O) groups excluding carboxylic acids is 1. The van der Waals surface area contributed by atoms with Gasteiger partial charge in [-0.15, -0.1) is 0 Å². The van der Waals surface area contributed by atoms with E-state index < -0.39 is 0 Å². The summed E-state index contributed by atoms with van der Waals surface area (Å²) >= 11 is 6.25. The summed E-state index contributed by atoms with van der Waals surface area (Å²) in [5, 5.41) is 3.28. The first-order valence-electron chi connectivity index (χ1n) is 8.25. The van der Waals surface area contributed by atoms with E-state index in [9.17, 15) is 4.79 Å². The Balaban J connectivity index is 1.61. The molecule has 4 N–H and O–H groups in total. The van der Waals surface area contributed by atoms with E-state index in [2.05, 4.69) is 25.3 Å². The molecule has 140 valence electrons. The Kier molecular flexibility index (Phi) is 5.56. The number of rotatable bonds is 6. The Morgan fingerprint density at radius 1 is 1.48 bits per heavy atom. The summed E-state index contributed by atoms with van der Waals surface area (Å²) in [5.41, 5.74) is 7.62. The van der Waals surface area contributed by atoms with Crippen molar-refractivity contribution in [1.82, 2.24) is 25.3 Å². The van der Waals surface area contributed by atoms with Gasteiger partial charge in [0.15, 0.2) is 23.0 Å². The largest absolute Gasteiger partial charge is 0.491 e. The molecule has 0 aliphatic rings. The van der Waals surface area contributed by atoms with Crippen molar-refractivity contribution in [2.24, 2.45) is 0 Å². The number of aromatic nitrogens is 4. The number of amides is 1. The number of fused-ring (bicyclic) bond motifs is 1. The Hall–Kier alpha value is -3.13. The lowest BCUT2D eigenvalue weighted by Crippen LogP contribution is -2.32. The quantitative estimate of drug-likeness (QED) is 0.599. The maximum atomic E-state index is 12.3. The molecule has 3 rings (SSSR count). The summed E-state index contributed by atoms with van der Waals surface area (Å²) in [7, 11) is 1.48. The molecule has 0 saturated heterocycles. The van der Waals surface area contributed by atoms with Crippen LogP contribution in [-0.2, 0) is 0 Å². The van der Waals surface area contributed by atoms with Gasteiger partial charge in [0.2, 0.25) is 0 Å². The number of nitrogens with zero attached hydrogens (tertiary/aromatic N) is 3. The maximum Gasteiger partial charge on any atom is 0.287 e. The Morgan fingerprint density at radius 2 is 2.30 bits per heavy atom. The van der Waals surface area contributed by atoms with Gasteiger partial charge in [-0.2, -0.15) is 0 Å². The van der Waals surface area contributed by atoms with E-state index in [1.165, 1.54) is 7.11 Å². The number of carbonyl (C=O) groups is 1. The van der Waals surface area contributed by atoms with Gasteiger partial charge in [0.25, 0.3) is 5.91 Å². The molecular weight excluding hydrogens is 368 g/mol. The van der Waals surface area contributed by atoms with Crippen molar-refractivity contribution in [3.8, 4) is 5.75 Å². The minimum atomic E-state index is -0.289. The van der Waals surface area contributed by atoms with Gasteiger partial charge in [-0.3, -0.25) is 4.79 Å². The molecule has 3 aromatic rings. The number of imidazole rings is 1. The molecule has 3 heterocycles. The summed E-state index contributed by atoms with van der Waals surface area (Å²) in [4.78, 5) is 27.6. The number of anilines is 1. The van der Waals surface area contributed by atoms with Crippen LogP contribution in [0, 0.1) is 0 Å². The van der Waals surface area contributed by atoms with Crippen molar-refractivity contribution >= 4 is 40.6 Å². The van der Waals surface area contributed by atoms with Crippen LogP contribution in [0.5, 0.6) is 5.75 Å². The van der Waals surface area contributed by atoms with Crippen molar-refractivity contribution in [3.05, 3.63) is 47.0 Å². The van der Waals surface area contributed by atoms with E-state index in [4.69, 9.17) is 22.1 Å². The lowest BCUT2D eigenvalue weighted by atomic mass is 10.2. The highest BCUT2D eigenvalue weighted by molar-refractivity contribution is 6.33. The number of nitrogen functional groups attached to an aromatic ring is 1. The number of methoxy groups -OCH3 is 1. The third kappa shape index (κ3) is 4.17. The van der Waals surface area contributed by atoms with E-state index in [1.54, 1.807) is 18.5 Å². The number of H-pyrrole nitrogens is 1. The number of nitrogens with one attached hydrogen (secondary N) is 2. The predicted molar refractivity (Wildman–Crippen MR) is 105 cm³/mol. The fourth-order valence-electron chi connectivity index (χ4n) is 2.51. The van der Waals surface area contributed by atoms with Gasteiger partial charge < -0.3 is 20.8 Å². The molecule has 27 heavy (non-hydrogen) atoms. The summed E-state index contributed by atoms with van der Waals surface area (Å²) in [5.74, 6) is 0.525. The molecule has 0 saturated carbocycles. The molecule has 1 amide bonds. The molecule has 0 radical (unpaired) electrons. The lowest BCUT2D eigenvalue weighted by molar-refractivity contribution is 0.0931. The molecule has 3 aromatic heterocycles. The molecule has 0 aromatic carbocycles. The fourth-order valence-corrected chi connectivity index (χ4v) is 2.80. The van der Waals surface area contributed by atoms with Gasteiger partial charge >= 0.3 is 0 Å². The normalized spacial score (nSPS) is 12.4. The molecule has 9 heteroatoms. The standard InChI is InChI=1S/C18H19ClN6O2/c1-10(5-3-6-11-9-22-15(20)14(27-2)13(11)19)23-18(26)17-24-12-7-4-8-21-16(12)25-17/h3-4,6-10H,5H2,1-2H3,(H2,20,22)(H,23,26)(H,21,24,25)/b6-3+/t10-/m0/s1. The second-order valence-corrected chi connectivity index (χ2v) is 6.30. The lowest BCUT2D eigenvalue weighted by Gasteiger charge is -2.11. The average molecular weight is 387 g/mol. The zero-order valence-electron chi connectivity index (χ0n) is 14.9. The van der Waals surface area contributed by atoms with E-state index >= 15 is 0 Å². The van der Waals surface area contributed by atoms with Crippen LogP contribution in [0.15, 0.2) is 30.6 Å². The maximum absolute atomic E-state index is 12.3. The van der Waals surface area contributed by atoms with Crippen molar-refractivity contribution < 1.29 is 9.53 Å². The first-order valence-corrected chi connectivity index (χ1v) is 8.63. The van der Waals surface area contributed by atoms with Crippen LogP contribution in [0.2, 0.25) is 5.02 Å². The van der Waals surface area contributed by atoms with Crippen molar-refractivity contribution in [2.45, 2.75) is 19.4 Å². The van der Waals surface area contributed by atoms with E-state index in [0.717, 1.165) is 5.52 Å². The van der Waals surface area contributed by atoms with Crippen molar-refractivity contribution in [3.63, 3.8) is 0 Å². The van der Waals surface area contributed by atoms with Crippen LogP contribution in [-0.4, -0.2) is 39.0 Å². The average Bonchev–Trinajstić information content (AvgIpc) is 3.08. The molecule has 0 aliphatic carbocycles. The highest BCUT2D eigenvalue weighted by Crippen LogP contribution is 2.32. The van der Waals surface area contributed by atoms with Crippen LogP contribution >= 0.6 is 11.6 Å². The molecule has 0 bridgehead atoms. The second kappa shape index (κ2) is 8.05. The molecule has 0 spiro atoms. The van der Waals surface area contributed by atoms with Crippen LogP contribution in [0.4, 0.5) is 5.82 Å². The highest BCUT2D eigenvalue weighted by Gasteiger charge is 2.14. The summed E-state index contributed by atoms with van der Waals surface area (Å²) in [6.07, 6.45) is 7.49. The highest BCUT2D eigenvalue weighted by atomic mass is 35.5. The van der Waals surface area contributed by atoms with Crippen molar-refractivity contribution in [1.29, 1.82) is 0 Å².